The zero-order chi connectivity index (χ0) is 15.9. The third-order valence-electron chi connectivity index (χ3n) is 3.30. The van der Waals surface area contributed by atoms with E-state index in [4.69, 9.17) is 4.74 Å². The molecule has 120 valence electrons. The van der Waals surface area contributed by atoms with Gasteiger partial charge in [0.1, 0.15) is 0 Å². The molecule has 0 radical (unpaired) electrons. The Balaban J connectivity index is 2.25. The number of hydrogen-bond donors (Lipinski definition) is 1. The molecular formula is C19H33NO. The molecule has 0 unspecified atom stereocenters. The Labute approximate surface area is 131 Å². The molecular weight excluding hydrogens is 258 g/mol. The molecule has 1 N–H and O–H groups in total. The normalized spacial score (nSPS) is 12.7. The Morgan fingerprint density at radius 3 is 2.00 bits per heavy atom. The van der Waals surface area contributed by atoms with Crippen LogP contribution in [0.3, 0.4) is 0 Å². The van der Waals surface area contributed by atoms with Crippen LogP contribution in [-0.4, -0.2) is 12.1 Å². The summed E-state index contributed by atoms with van der Waals surface area (Å²) in [5.41, 5.74) is 2.94. The van der Waals surface area contributed by atoms with E-state index >= 15 is 0 Å². The van der Waals surface area contributed by atoms with Crippen LogP contribution in [0.15, 0.2) is 24.3 Å². The maximum atomic E-state index is 5.78. The largest absolute Gasteiger partial charge is 0.371 e. The molecule has 0 aliphatic heterocycles. The molecule has 0 fully saturated rings. The van der Waals surface area contributed by atoms with Crippen molar-refractivity contribution in [3.8, 4) is 0 Å². The monoisotopic (exact) mass is 291 g/mol. The lowest BCUT2D eigenvalue weighted by molar-refractivity contribution is -0.0149. The highest BCUT2D eigenvalue weighted by atomic mass is 16.5. The summed E-state index contributed by atoms with van der Waals surface area (Å²) < 4.78 is 5.78. The van der Waals surface area contributed by atoms with E-state index in [-0.39, 0.29) is 5.60 Å². The molecule has 0 bridgehead atoms. The second-order valence-corrected chi connectivity index (χ2v) is 8.06. The van der Waals surface area contributed by atoms with Crippen LogP contribution in [-0.2, 0) is 17.9 Å². The number of nitrogens with one attached hydrogen (secondary N) is 1. The second kappa shape index (κ2) is 7.95. The first kappa shape index (κ1) is 18.2. The van der Waals surface area contributed by atoms with Gasteiger partial charge < -0.3 is 10.1 Å². The average molecular weight is 291 g/mol. The molecule has 1 aromatic rings. The first-order valence-corrected chi connectivity index (χ1v) is 8.08. The molecule has 2 heteroatoms. The van der Waals surface area contributed by atoms with E-state index < -0.39 is 0 Å². The molecule has 0 amide bonds. The van der Waals surface area contributed by atoms with Gasteiger partial charge in [-0.05, 0) is 56.7 Å². The van der Waals surface area contributed by atoms with E-state index in [2.05, 4.69) is 71.1 Å². The van der Waals surface area contributed by atoms with Crippen LogP contribution in [0.5, 0.6) is 0 Å². The fourth-order valence-corrected chi connectivity index (χ4v) is 2.03. The molecule has 2 nitrogen and oxygen atoms in total. The van der Waals surface area contributed by atoms with Crippen molar-refractivity contribution < 1.29 is 4.74 Å². The predicted octanol–water partition coefficient (Wildman–Crippen LogP) is 4.92. The van der Waals surface area contributed by atoms with E-state index in [9.17, 15) is 0 Å². The Kier molecular flexibility index (Phi) is 6.89. The van der Waals surface area contributed by atoms with Crippen molar-refractivity contribution in [1.29, 1.82) is 0 Å². The first-order chi connectivity index (χ1) is 9.66. The lowest BCUT2D eigenvalue weighted by Crippen LogP contribution is -2.18. The number of benzene rings is 1. The Morgan fingerprint density at radius 2 is 1.48 bits per heavy atom. The van der Waals surface area contributed by atoms with E-state index in [1.807, 2.05) is 0 Å². The van der Waals surface area contributed by atoms with Crippen molar-refractivity contribution in [1.82, 2.24) is 5.32 Å². The summed E-state index contributed by atoms with van der Waals surface area (Å²) in [6.07, 6.45) is 2.50. The Morgan fingerprint density at radius 1 is 0.905 bits per heavy atom. The van der Waals surface area contributed by atoms with Crippen LogP contribution in [0.1, 0.15) is 65.5 Å². The maximum absolute atomic E-state index is 5.78. The lowest BCUT2D eigenvalue weighted by atomic mass is 9.91. The Bertz CT molecular complexity index is 395. The molecule has 0 aromatic heterocycles. The van der Waals surface area contributed by atoms with Crippen LogP contribution < -0.4 is 5.32 Å². The van der Waals surface area contributed by atoms with Crippen molar-refractivity contribution in [2.45, 2.75) is 73.1 Å². The van der Waals surface area contributed by atoms with Crippen molar-refractivity contribution in [2.75, 3.05) is 6.54 Å². The first-order valence-electron chi connectivity index (χ1n) is 8.08. The highest BCUT2D eigenvalue weighted by Gasteiger charge is 2.10. The summed E-state index contributed by atoms with van der Waals surface area (Å²) in [6, 6.07) is 8.71. The zero-order valence-electron chi connectivity index (χ0n) is 14.8. The smallest absolute Gasteiger partial charge is 0.0724 e. The van der Waals surface area contributed by atoms with Gasteiger partial charge in [-0.3, -0.25) is 0 Å². The van der Waals surface area contributed by atoms with Crippen LogP contribution in [0.25, 0.3) is 0 Å². The minimum atomic E-state index is -0.0761. The highest BCUT2D eigenvalue weighted by Crippen LogP contribution is 2.19. The van der Waals surface area contributed by atoms with Gasteiger partial charge in [0, 0.05) is 6.54 Å². The SMILES string of the molecule is CC(C)(C)CCCNCc1ccc(COC(C)(C)C)cc1. The number of hydrogen-bond acceptors (Lipinski definition) is 2. The summed E-state index contributed by atoms with van der Waals surface area (Å²) in [7, 11) is 0. The average Bonchev–Trinajstić information content (AvgIpc) is 2.35. The molecule has 0 aliphatic rings. The van der Waals surface area contributed by atoms with Gasteiger partial charge in [0.2, 0.25) is 0 Å². The maximum Gasteiger partial charge on any atom is 0.0724 e. The van der Waals surface area contributed by atoms with Crippen LogP contribution >= 0.6 is 0 Å². The fourth-order valence-electron chi connectivity index (χ4n) is 2.03. The van der Waals surface area contributed by atoms with Gasteiger partial charge in [0.15, 0.2) is 0 Å². The van der Waals surface area contributed by atoms with Crippen molar-refractivity contribution in [3.63, 3.8) is 0 Å². The van der Waals surface area contributed by atoms with Gasteiger partial charge in [-0.1, -0.05) is 45.0 Å². The van der Waals surface area contributed by atoms with Crippen molar-refractivity contribution >= 4 is 0 Å². The van der Waals surface area contributed by atoms with Crippen molar-refractivity contribution in [3.05, 3.63) is 35.4 Å². The predicted molar refractivity (Wildman–Crippen MR) is 91.4 cm³/mol. The third kappa shape index (κ3) is 9.65. The van der Waals surface area contributed by atoms with E-state index in [0.29, 0.717) is 12.0 Å². The minimum Gasteiger partial charge on any atom is -0.371 e. The summed E-state index contributed by atoms with van der Waals surface area (Å²) in [5.74, 6) is 0. The van der Waals surface area contributed by atoms with Gasteiger partial charge in [-0.2, -0.15) is 0 Å². The topological polar surface area (TPSA) is 21.3 Å². The van der Waals surface area contributed by atoms with Crippen LogP contribution in [0.4, 0.5) is 0 Å². The highest BCUT2D eigenvalue weighted by molar-refractivity contribution is 5.21. The lowest BCUT2D eigenvalue weighted by Gasteiger charge is -2.19. The summed E-state index contributed by atoms with van der Waals surface area (Å²) in [6.45, 7) is 15.9. The zero-order valence-corrected chi connectivity index (χ0v) is 14.8. The molecule has 1 rings (SSSR count). The van der Waals surface area contributed by atoms with E-state index in [1.165, 1.54) is 24.0 Å². The molecule has 0 atom stereocenters. The number of ether oxygens (including phenoxy) is 1. The molecule has 0 heterocycles. The summed E-state index contributed by atoms with van der Waals surface area (Å²) >= 11 is 0. The quantitative estimate of drug-likeness (QED) is 0.720. The third-order valence-corrected chi connectivity index (χ3v) is 3.30. The molecule has 0 aliphatic carbocycles. The van der Waals surface area contributed by atoms with Gasteiger partial charge in [-0.25, -0.2) is 0 Å². The fraction of sp³-hybridized carbons (Fsp3) is 0.684. The standard InChI is InChI=1S/C19H33NO/c1-18(2,3)12-7-13-20-14-16-8-10-17(11-9-16)15-21-19(4,5)6/h8-11,20H,7,12-15H2,1-6H3. The van der Waals surface area contributed by atoms with Gasteiger partial charge in [0.25, 0.3) is 0 Å². The molecule has 1 aromatic carbocycles. The van der Waals surface area contributed by atoms with E-state index in [1.54, 1.807) is 0 Å². The molecule has 21 heavy (non-hydrogen) atoms. The van der Waals surface area contributed by atoms with Gasteiger partial charge in [-0.15, -0.1) is 0 Å². The summed E-state index contributed by atoms with van der Waals surface area (Å²) in [5, 5.41) is 3.52. The van der Waals surface area contributed by atoms with Gasteiger partial charge >= 0.3 is 0 Å². The van der Waals surface area contributed by atoms with Gasteiger partial charge in [0.05, 0.1) is 12.2 Å². The molecule has 0 saturated carbocycles. The number of rotatable bonds is 7. The molecule has 0 spiro atoms. The second-order valence-electron chi connectivity index (χ2n) is 8.06. The molecule has 0 saturated heterocycles. The van der Waals surface area contributed by atoms with Crippen LogP contribution in [0.2, 0.25) is 0 Å². The minimum absolute atomic E-state index is 0.0761. The Hall–Kier alpha value is -0.860. The van der Waals surface area contributed by atoms with Crippen LogP contribution in [0, 0.1) is 5.41 Å². The summed E-state index contributed by atoms with van der Waals surface area (Å²) in [4.78, 5) is 0. The van der Waals surface area contributed by atoms with E-state index in [0.717, 1.165) is 13.1 Å². The van der Waals surface area contributed by atoms with Crippen molar-refractivity contribution in [2.24, 2.45) is 5.41 Å².